The number of allylic oxidation sites excluding steroid dienone is 4. The third kappa shape index (κ3) is 14.2. The monoisotopic (exact) mass is 1270 g/mol. The predicted molar refractivity (Wildman–Crippen MR) is 339 cm³/mol. The normalized spacial score (nSPS) is 26.1. The van der Waals surface area contributed by atoms with Crippen LogP contribution in [-0.4, -0.2) is 218 Å². The Labute approximate surface area is 538 Å². The van der Waals surface area contributed by atoms with Crippen molar-refractivity contribution in [3.63, 3.8) is 0 Å². The van der Waals surface area contributed by atoms with E-state index in [-0.39, 0.29) is 106 Å². The smallest absolute Gasteiger partial charge is 0.264 e. The van der Waals surface area contributed by atoms with Gasteiger partial charge in [-0.05, 0) is 130 Å². The average molecular weight is 1270 g/mol. The minimum absolute atomic E-state index is 0.0224. The van der Waals surface area contributed by atoms with Crippen molar-refractivity contribution in [1.82, 2.24) is 35.1 Å². The summed E-state index contributed by atoms with van der Waals surface area (Å²) in [7, 11) is 1.99. The van der Waals surface area contributed by atoms with Crippen LogP contribution in [-0.2, 0) is 52.6 Å². The van der Waals surface area contributed by atoms with E-state index in [1.165, 1.54) is 45.9 Å². The van der Waals surface area contributed by atoms with E-state index in [1.807, 2.05) is 13.1 Å². The Bertz CT molecular complexity index is 3340. The molecule has 23 nitrogen and oxygen atoms in total. The van der Waals surface area contributed by atoms with Crippen molar-refractivity contribution in [2.45, 2.75) is 141 Å². The van der Waals surface area contributed by atoms with Crippen LogP contribution in [0.25, 0.3) is 0 Å². The number of benzene rings is 2. The van der Waals surface area contributed by atoms with Gasteiger partial charge in [-0.15, -0.1) is 5.92 Å². The Kier molecular flexibility index (Phi) is 21.5. The minimum Gasteiger partial charge on any atom is -0.384 e. The van der Waals surface area contributed by atoms with Gasteiger partial charge in [0.2, 0.25) is 41.4 Å². The van der Waals surface area contributed by atoms with Crippen LogP contribution in [0.1, 0.15) is 143 Å². The summed E-state index contributed by atoms with van der Waals surface area (Å²) in [6.07, 6.45) is 9.13. The highest BCUT2D eigenvalue weighted by Gasteiger charge is 2.63. The standard InChI is InChI=1S/C69H89N9O14/c1-6-25-69(89)26-24-54-51-20-16-47-40-49(81)19-21-50(47)61(51)53(41-68(54,69)4)46-14-17-48(18-15-46)73(5)29-8-13-60(83)76-32-30-75(45(3)80)43-58(76)66(87)77-33-31-74(44(2)79)42-57(77)63(84)71-28-10-35-91-37-39-92-38-36-90-34-9-27-70-55-12-7-11-52-62(55)67(88)78(65(52)86)56-22-23-59(82)72-64(56)85/h7,11-12,14-15,17-18,40,51,53-54,56-58,70,89H,8-10,13,16,19-24,26-39,41-43H2,1-5H3,(H,71,84)(H,72,82,85)/t51-,53+,54-,56?,57?,58?,68-,69-/m0/s1. The summed E-state index contributed by atoms with van der Waals surface area (Å²) in [6.45, 7) is 10.7. The molecule has 3 saturated heterocycles. The number of fused-ring (bicyclic) bond motifs is 5. The number of aliphatic hydroxyl groups is 1. The molecule has 0 aromatic heterocycles. The number of piperidine rings is 1. The van der Waals surface area contributed by atoms with Gasteiger partial charge in [0.05, 0.1) is 50.6 Å². The van der Waals surface area contributed by atoms with Crippen LogP contribution >= 0.6 is 0 Å². The number of carbonyl (C=O) groups excluding carboxylic acids is 10. The van der Waals surface area contributed by atoms with Crippen LogP contribution in [0.4, 0.5) is 11.4 Å². The second-order valence-electron chi connectivity index (χ2n) is 25.9. The van der Waals surface area contributed by atoms with Crippen molar-refractivity contribution in [1.29, 1.82) is 0 Å². The Balaban J connectivity index is 0.654. The molecule has 0 radical (unpaired) electrons. The van der Waals surface area contributed by atoms with Gasteiger partial charge in [-0.25, -0.2) is 0 Å². The average Bonchev–Trinajstić information content (AvgIpc) is 1.44. The maximum atomic E-state index is 14.8. The van der Waals surface area contributed by atoms with Crippen molar-refractivity contribution in [2.75, 3.05) is 116 Å². The Morgan fingerprint density at radius 2 is 1.43 bits per heavy atom. The molecule has 8 aliphatic rings. The van der Waals surface area contributed by atoms with E-state index in [9.17, 15) is 53.1 Å². The van der Waals surface area contributed by atoms with Crippen LogP contribution < -0.4 is 20.9 Å². The molecule has 0 bridgehead atoms. The van der Waals surface area contributed by atoms with E-state index < -0.39 is 64.6 Å². The van der Waals surface area contributed by atoms with Crippen LogP contribution in [0.15, 0.2) is 65.3 Å². The molecule has 2 saturated carbocycles. The largest absolute Gasteiger partial charge is 0.384 e. The quantitative estimate of drug-likeness (QED) is 0.0653. The summed E-state index contributed by atoms with van der Waals surface area (Å²) in [6, 6.07) is 10.4. The summed E-state index contributed by atoms with van der Waals surface area (Å²) in [5.41, 5.74) is 5.54. The Morgan fingerprint density at radius 1 is 0.761 bits per heavy atom. The first-order chi connectivity index (χ1) is 44.2. The zero-order valence-corrected chi connectivity index (χ0v) is 53.8. The number of ketones is 1. The van der Waals surface area contributed by atoms with E-state index in [4.69, 9.17) is 14.2 Å². The van der Waals surface area contributed by atoms with Gasteiger partial charge in [0, 0.05) is 122 Å². The minimum atomic E-state index is -1.07. The number of ether oxygens (including phenoxy) is 3. The molecule has 4 aliphatic heterocycles. The maximum absolute atomic E-state index is 14.8. The number of hydrogen-bond acceptors (Lipinski definition) is 16. The van der Waals surface area contributed by atoms with Crippen LogP contribution in [0.3, 0.4) is 0 Å². The number of imide groups is 2. The van der Waals surface area contributed by atoms with Gasteiger partial charge in [-0.3, -0.25) is 58.2 Å². The summed E-state index contributed by atoms with van der Waals surface area (Å²) in [5.74, 6) is 3.34. The Morgan fingerprint density at radius 3 is 2.12 bits per heavy atom. The van der Waals surface area contributed by atoms with E-state index in [0.717, 1.165) is 42.7 Å². The van der Waals surface area contributed by atoms with Crippen LogP contribution in [0.2, 0.25) is 0 Å². The third-order valence-electron chi connectivity index (χ3n) is 20.4. The van der Waals surface area contributed by atoms with E-state index in [0.29, 0.717) is 102 Å². The predicted octanol–water partition coefficient (Wildman–Crippen LogP) is 4.14. The lowest BCUT2D eigenvalue weighted by Gasteiger charge is -2.53. The number of carbonyl (C=O) groups is 10. The topological polar surface area (TPSA) is 274 Å². The summed E-state index contributed by atoms with van der Waals surface area (Å²) in [4.78, 5) is 141. The molecular weight excluding hydrogens is 1180 g/mol. The highest BCUT2D eigenvalue weighted by molar-refractivity contribution is 6.25. The number of nitrogens with one attached hydrogen (secondary N) is 3. The second-order valence-corrected chi connectivity index (χ2v) is 25.9. The molecular formula is C69H89N9O14. The third-order valence-corrected chi connectivity index (χ3v) is 20.4. The van der Waals surface area contributed by atoms with Gasteiger partial charge < -0.3 is 54.5 Å². The zero-order valence-electron chi connectivity index (χ0n) is 53.8. The molecule has 9 amide bonds. The fourth-order valence-electron chi connectivity index (χ4n) is 15.5. The highest BCUT2D eigenvalue weighted by atomic mass is 16.5. The molecule has 8 atom stereocenters. The lowest BCUT2D eigenvalue weighted by atomic mass is 9.51. The molecule has 2 aromatic rings. The van der Waals surface area contributed by atoms with Gasteiger partial charge in [0.1, 0.15) is 23.7 Å². The van der Waals surface area contributed by atoms with Crippen molar-refractivity contribution in [3.8, 4) is 11.8 Å². The first kappa shape index (κ1) is 67.1. The SMILES string of the molecule is CC#C[C@]1(O)CC[C@H]2[C@@H]3CCC4=CC(=O)CCC4=C3[C@@H](c3ccc(N(C)CCCC(=O)N4CCN(C(C)=O)CC4C(=O)N4CCN(C(C)=O)CC4C(=O)NCCCOCCOCCOCCCNc4cccc5c4C(=O)N(C4CCC(=O)NC4=O)C5=O)cc3)C[C@@]21C. The number of nitrogens with zero attached hydrogens (tertiary/aromatic N) is 6. The number of rotatable bonds is 24. The molecule has 4 aliphatic carbocycles. The Hall–Kier alpha value is -7.78. The fraction of sp³-hybridized carbons (Fsp3) is 0.594. The highest BCUT2D eigenvalue weighted by Crippen LogP contribution is 2.66. The first-order valence-corrected chi connectivity index (χ1v) is 32.9. The van der Waals surface area contributed by atoms with E-state index in [1.54, 1.807) is 34.9 Å². The van der Waals surface area contributed by atoms with Gasteiger partial charge in [0.15, 0.2) is 5.78 Å². The molecule has 3 unspecified atom stereocenters. The lowest BCUT2D eigenvalue weighted by Crippen LogP contribution is -2.67. The van der Waals surface area contributed by atoms with Crippen molar-refractivity contribution in [2.24, 2.45) is 17.3 Å². The molecule has 2 aromatic carbocycles. The lowest BCUT2D eigenvalue weighted by molar-refractivity contribution is -0.158. The molecule has 10 rings (SSSR count). The summed E-state index contributed by atoms with van der Waals surface area (Å²) in [5, 5.41) is 20.5. The zero-order chi connectivity index (χ0) is 65.4. The van der Waals surface area contributed by atoms with Crippen molar-refractivity contribution < 1.29 is 67.3 Å². The van der Waals surface area contributed by atoms with Gasteiger partial charge in [-0.2, -0.15) is 0 Å². The summed E-state index contributed by atoms with van der Waals surface area (Å²) >= 11 is 0. The molecule has 4 N–H and O–H groups in total. The molecule has 4 heterocycles. The molecule has 92 heavy (non-hydrogen) atoms. The summed E-state index contributed by atoms with van der Waals surface area (Å²) < 4.78 is 17.1. The van der Waals surface area contributed by atoms with Crippen LogP contribution in [0.5, 0.6) is 0 Å². The molecule has 0 spiro atoms. The van der Waals surface area contributed by atoms with E-state index >= 15 is 0 Å². The van der Waals surface area contributed by atoms with E-state index in [2.05, 4.69) is 63.9 Å². The molecule has 5 fully saturated rings. The van der Waals surface area contributed by atoms with Gasteiger partial charge in [-0.1, -0.05) is 36.6 Å². The number of anilines is 2. The van der Waals surface area contributed by atoms with Gasteiger partial charge >= 0.3 is 0 Å². The number of piperazine rings is 2. The first-order valence-electron chi connectivity index (χ1n) is 32.9. The number of hydrogen-bond donors (Lipinski definition) is 4. The van der Waals surface area contributed by atoms with Crippen molar-refractivity contribution in [3.05, 3.63) is 82.0 Å². The number of amides is 9. The van der Waals surface area contributed by atoms with Crippen molar-refractivity contribution >= 4 is 70.3 Å². The molecule has 494 valence electrons. The van der Waals surface area contributed by atoms with Gasteiger partial charge in [0.25, 0.3) is 11.8 Å². The van der Waals surface area contributed by atoms with Crippen LogP contribution in [0, 0.1) is 29.1 Å². The fourth-order valence-corrected chi connectivity index (χ4v) is 15.5. The molecule has 23 heteroatoms. The maximum Gasteiger partial charge on any atom is 0.264 e. The second kappa shape index (κ2) is 29.4.